The van der Waals surface area contributed by atoms with E-state index in [9.17, 15) is 15.0 Å². The van der Waals surface area contributed by atoms with E-state index >= 15 is 0 Å². The van der Waals surface area contributed by atoms with Crippen LogP contribution in [0.1, 0.15) is 16.8 Å². The van der Waals surface area contributed by atoms with Crippen LogP contribution >= 0.6 is 0 Å². The molecule has 0 spiro atoms. The molecule has 0 unspecified atom stereocenters. The van der Waals surface area contributed by atoms with Crippen LogP contribution in [0.3, 0.4) is 0 Å². The van der Waals surface area contributed by atoms with Gasteiger partial charge in [-0.05, 0) is 30.3 Å². The Morgan fingerprint density at radius 2 is 1.81 bits per heavy atom. The topological polar surface area (TPSA) is 106 Å². The lowest BCUT2D eigenvalue weighted by molar-refractivity contribution is -0.0403. The molecule has 26 heavy (non-hydrogen) atoms. The largest absolute Gasteiger partial charge is 0.481 e. The minimum Gasteiger partial charge on any atom is -0.481 e. The summed E-state index contributed by atoms with van der Waals surface area (Å²) in [6.45, 7) is -0.873. The second-order valence-electron chi connectivity index (χ2n) is 6.22. The van der Waals surface area contributed by atoms with Gasteiger partial charge in [0.05, 0.1) is 25.2 Å². The summed E-state index contributed by atoms with van der Waals surface area (Å²) in [4.78, 5) is 16.4. The Labute approximate surface area is 148 Å². The third-order valence-electron chi connectivity index (χ3n) is 4.44. The number of hydrogen-bond acceptors (Lipinski definition) is 7. The number of aromatic nitrogens is 2. The van der Waals surface area contributed by atoms with Gasteiger partial charge in [-0.3, -0.25) is 9.78 Å². The minimum absolute atomic E-state index is 0.0882. The summed E-state index contributed by atoms with van der Waals surface area (Å²) in [7, 11) is 0. The second-order valence-corrected chi connectivity index (χ2v) is 6.22. The van der Waals surface area contributed by atoms with Crippen LogP contribution in [0.25, 0.3) is 22.6 Å². The van der Waals surface area contributed by atoms with Gasteiger partial charge in [-0.1, -0.05) is 5.16 Å². The van der Waals surface area contributed by atoms with Gasteiger partial charge in [-0.25, -0.2) is 0 Å². The molecule has 0 radical (unpaired) electrons. The maximum atomic E-state index is 12.5. The van der Waals surface area contributed by atoms with Crippen LogP contribution in [0, 0.1) is 0 Å². The number of carbonyl (C=O) groups excluding carboxylic acids is 1. The lowest BCUT2D eigenvalue weighted by atomic mass is 9.90. The third kappa shape index (κ3) is 2.77. The van der Waals surface area contributed by atoms with Crippen LogP contribution in [0.15, 0.2) is 53.3 Å². The number of carbonyl (C=O) groups is 1. The highest BCUT2D eigenvalue weighted by molar-refractivity contribution is 6.01. The van der Waals surface area contributed by atoms with E-state index in [1.54, 1.807) is 36.7 Å². The number of ketones is 1. The van der Waals surface area contributed by atoms with Crippen molar-refractivity contribution in [2.24, 2.45) is 0 Å². The number of aliphatic hydroxyl groups is 2. The number of pyridine rings is 1. The normalized spacial score (nSPS) is 15.4. The zero-order valence-corrected chi connectivity index (χ0v) is 13.8. The van der Waals surface area contributed by atoms with Gasteiger partial charge in [0.1, 0.15) is 11.4 Å². The van der Waals surface area contributed by atoms with Crippen LogP contribution < -0.4 is 4.74 Å². The van der Waals surface area contributed by atoms with Gasteiger partial charge in [-0.15, -0.1) is 0 Å². The van der Waals surface area contributed by atoms with Crippen molar-refractivity contribution in [2.75, 3.05) is 13.2 Å². The first kappa shape index (κ1) is 16.4. The Bertz CT molecular complexity index is 948. The number of ether oxygens (including phenoxy) is 1. The van der Waals surface area contributed by atoms with Crippen molar-refractivity contribution >= 4 is 5.78 Å². The Kier molecular flexibility index (Phi) is 4.02. The quantitative estimate of drug-likeness (QED) is 0.740. The number of nitrogens with zero attached hydrogens (tertiary/aromatic N) is 2. The van der Waals surface area contributed by atoms with E-state index in [1.807, 2.05) is 12.1 Å². The average Bonchev–Trinajstić information content (AvgIpc) is 3.18. The van der Waals surface area contributed by atoms with Gasteiger partial charge in [0.2, 0.25) is 0 Å². The van der Waals surface area contributed by atoms with Crippen LogP contribution in [-0.2, 0) is 0 Å². The molecule has 0 amide bonds. The van der Waals surface area contributed by atoms with Gasteiger partial charge in [0, 0.05) is 29.6 Å². The second kappa shape index (κ2) is 6.36. The number of rotatable bonds is 4. The maximum Gasteiger partial charge on any atom is 0.170 e. The molecule has 3 aromatic rings. The Morgan fingerprint density at radius 1 is 1.04 bits per heavy atom. The first-order valence-electron chi connectivity index (χ1n) is 8.10. The maximum absolute atomic E-state index is 12.5. The molecular formula is C19H16N2O5. The monoisotopic (exact) mass is 352 g/mol. The molecule has 7 heteroatoms. The molecule has 1 aliphatic heterocycles. The van der Waals surface area contributed by atoms with Crippen molar-refractivity contribution in [2.45, 2.75) is 12.0 Å². The van der Waals surface area contributed by atoms with Gasteiger partial charge in [-0.2, -0.15) is 0 Å². The summed E-state index contributed by atoms with van der Waals surface area (Å²) in [6, 6.07) is 10.5. The zero-order valence-electron chi connectivity index (χ0n) is 13.8. The molecule has 2 N–H and O–H groups in total. The molecule has 0 bridgehead atoms. The average molecular weight is 352 g/mol. The molecule has 0 atom stereocenters. The number of fused-ring (bicyclic) bond motifs is 1. The van der Waals surface area contributed by atoms with Crippen molar-refractivity contribution < 1.29 is 24.3 Å². The first-order chi connectivity index (χ1) is 12.6. The fourth-order valence-electron chi connectivity index (χ4n) is 2.94. The summed E-state index contributed by atoms with van der Waals surface area (Å²) >= 11 is 0. The molecule has 1 aromatic carbocycles. The Morgan fingerprint density at radius 3 is 2.54 bits per heavy atom. The summed E-state index contributed by atoms with van der Waals surface area (Å²) in [5.41, 5.74) is 1.35. The number of Topliss-reactive ketones (excluding diaryl/α,β-unsaturated/α-hetero) is 1. The molecule has 132 valence electrons. The lowest BCUT2D eigenvalue weighted by Crippen LogP contribution is -2.48. The SMILES string of the molecule is O=C1CC(CO)(CO)Oc2ccc(-c3cc(-c4ccncc4)no3)cc21. The van der Waals surface area contributed by atoms with Crippen LogP contribution in [0.4, 0.5) is 0 Å². The highest BCUT2D eigenvalue weighted by Crippen LogP contribution is 2.36. The van der Waals surface area contributed by atoms with Crippen LogP contribution in [-0.4, -0.2) is 45.0 Å². The molecule has 0 aliphatic carbocycles. The minimum atomic E-state index is -1.27. The third-order valence-corrected chi connectivity index (χ3v) is 4.44. The van der Waals surface area contributed by atoms with Crippen LogP contribution in [0.5, 0.6) is 5.75 Å². The summed E-state index contributed by atoms with van der Waals surface area (Å²) in [5.74, 6) is 0.653. The number of benzene rings is 1. The fraction of sp³-hybridized carbons (Fsp3) is 0.211. The molecule has 0 saturated heterocycles. The molecular weight excluding hydrogens is 336 g/mol. The van der Waals surface area contributed by atoms with Gasteiger partial charge < -0.3 is 19.5 Å². The highest BCUT2D eigenvalue weighted by atomic mass is 16.5. The van der Waals surface area contributed by atoms with E-state index in [1.165, 1.54) is 0 Å². The molecule has 0 fully saturated rings. The molecule has 1 aliphatic rings. The predicted molar refractivity (Wildman–Crippen MR) is 91.6 cm³/mol. The zero-order chi connectivity index (χ0) is 18.1. The Hall–Kier alpha value is -3.03. The molecule has 0 saturated carbocycles. The van der Waals surface area contributed by atoms with Crippen LogP contribution in [0.2, 0.25) is 0 Å². The summed E-state index contributed by atoms with van der Waals surface area (Å²) in [6.07, 6.45) is 3.26. The molecule has 4 rings (SSSR count). The van der Waals surface area contributed by atoms with Crippen molar-refractivity contribution in [1.82, 2.24) is 10.1 Å². The van der Waals surface area contributed by atoms with E-state index in [4.69, 9.17) is 9.26 Å². The summed E-state index contributed by atoms with van der Waals surface area (Å²) < 4.78 is 11.1. The highest BCUT2D eigenvalue weighted by Gasteiger charge is 2.40. The summed E-state index contributed by atoms with van der Waals surface area (Å²) in [5, 5.41) is 23.0. The van der Waals surface area contributed by atoms with Crippen molar-refractivity contribution in [1.29, 1.82) is 0 Å². The van der Waals surface area contributed by atoms with Gasteiger partial charge >= 0.3 is 0 Å². The molecule has 2 aromatic heterocycles. The van der Waals surface area contributed by atoms with Crippen molar-refractivity contribution in [3.63, 3.8) is 0 Å². The predicted octanol–water partition coefficient (Wildman–Crippen LogP) is 2.09. The van der Waals surface area contributed by atoms with E-state index in [0.29, 0.717) is 28.3 Å². The molecule has 3 heterocycles. The van der Waals surface area contributed by atoms with Crippen molar-refractivity contribution in [3.8, 4) is 28.3 Å². The first-order valence-corrected chi connectivity index (χ1v) is 8.10. The lowest BCUT2D eigenvalue weighted by Gasteiger charge is -2.34. The van der Waals surface area contributed by atoms with E-state index < -0.39 is 18.8 Å². The molecule has 7 nitrogen and oxygen atoms in total. The van der Waals surface area contributed by atoms with E-state index in [-0.39, 0.29) is 12.2 Å². The van der Waals surface area contributed by atoms with E-state index in [2.05, 4.69) is 10.1 Å². The smallest absolute Gasteiger partial charge is 0.170 e. The van der Waals surface area contributed by atoms with Crippen molar-refractivity contribution in [3.05, 3.63) is 54.4 Å². The van der Waals surface area contributed by atoms with Gasteiger partial charge in [0.15, 0.2) is 17.1 Å². The standard InChI is InChI=1S/C19H16N2O5/c22-10-19(11-23)9-16(24)14-7-13(1-2-17(14)25-19)18-8-15(21-26-18)12-3-5-20-6-4-12/h1-8,22-23H,9-11H2. The Balaban J connectivity index is 1.68. The number of aliphatic hydroxyl groups excluding tert-OH is 2. The van der Waals surface area contributed by atoms with E-state index in [0.717, 1.165) is 5.56 Å². The van der Waals surface area contributed by atoms with Gasteiger partial charge in [0.25, 0.3) is 0 Å². The number of hydrogen-bond donors (Lipinski definition) is 2. The fourth-order valence-corrected chi connectivity index (χ4v) is 2.94.